The Kier molecular flexibility index (Phi) is 2.76. The summed E-state index contributed by atoms with van der Waals surface area (Å²) in [5.74, 6) is -0.0138. The molecule has 1 atom stereocenters. The van der Waals surface area contributed by atoms with Crippen LogP contribution in [0.5, 0.6) is 11.5 Å². The van der Waals surface area contributed by atoms with E-state index in [1.54, 1.807) is 0 Å². The molecule has 0 saturated carbocycles. The van der Waals surface area contributed by atoms with Gasteiger partial charge in [-0.15, -0.1) is 10.2 Å². The summed E-state index contributed by atoms with van der Waals surface area (Å²) in [6, 6.07) is 4.13. The molecule has 0 bridgehead atoms. The number of nitrogens with two attached hydrogens (primary N) is 1. The minimum Gasteiger partial charge on any atom is -0.508 e. The van der Waals surface area contributed by atoms with Gasteiger partial charge >= 0.3 is 0 Å². The summed E-state index contributed by atoms with van der Waals surface area (Å²) < 4.78 is 0. The molecule has 5 nitrogen and oxygen atoms in total. The molecule has 1 aromatic heterocycles. The molecule has 1 aromatic carbocycles. The molecular weight excluding hydrogens is 226 g/mol. The number of phenolic OH excluding ortho intramolecular Hbond substituents is 2. The number of aromatic hydroxyl groups is 2. The largest absolute Gasteiger partial charge is 0.508 e. The van der Waals surface area contributed by atoms with Gasteiger partial charge < -0.3 is 15.9 Å². The maximum Gasteiger partial charge on any atom is 0.148 e. The zero-order valence-electron chi connectivity index (χ0n) is 8.58. The minimum atomic E-state index is -0.169. The highest BCUT2D eigenvalue weighted by Gasteiger charge is 2.11. The highest BCUT2D eigenvalue weighted by atomic mass is 32.1. The Balaban J connectivity index is 2.42. The minimum absolute atomic E-state index is 0.00690. The van der Waals surface area contributed by atoms with Gasteiger partial charge in [-0.1, -0.05) is 11.3 Å². The van der Waals surface area contributed by atoms with E-state index in [1.807, 2.05) is 6.92 Å². The van der Waals surface area contributed by atoms with Gasteiger partial charge in [-0.2, -0.15) is 0 Å². The van der Waals surface area contributed by atoms with E-state index in [9.17, 15) is 10.2 Å². The van der Waals surface area contributed by atoms with Crippen molar-refractivity contribution in [2.45, 2.75) is 13.0 Å². The lowest BCUT2D eigenvalue weighted by Gasteiger charge is -1.99. The predicted molar refractivity (Wildman–Crippen MR) is 61.3 cm³/mol. The van der Waals surface area contributed by atoms with Crippen molar-refractivity contribution in [3.8, 4) is 22.1 Å². The molecule has 2 aromatic rings. The normalized spacial score (nSPS) is 12.6. The van der Waals surface area contributed by atoms with Crippen molar-refractivity contribution in [2.75, 3.05) is 0 Å². The number of aromatic nitrogens is 2. The lowest BCUT2D eigenvalue weighted by molar-refractivity contribution is 0.451. The van der Waals surface area contributed by atoms with Gasteiger partial charge in [0.2, 0.25) is 0 Å². The molecule has 1 heterocycles. The molecular formula is C10H11N3O2S. The molecule has 16 heavy (non-hydrogen) atoms. The van der Waals surface area contributed by atoms with Gasteiger partial charge in [-0.25, -0.2) is 0 Å². The first kappa shape index (κ1) is 10.8. The summed E-state index contributed by atoms with van der Waals surface area (Å²) in [5, 5.41) is 27.9. The van der Waals surface area contributed by atoms with E-state index in [2.05, 4.69) is 10.2 Å². The summed E-state index contributed by atoms with van der Waals surface area (Å²) in [7, 11) is 0. The predicted octanol–water partition coefficient (Wildman–Crippen LogP) is 1.64. The summed E-state index contributed by atoms with van der Waals surface area (Å²) >= 11 is 1.34. The van der Waals surface area contributed by atoms with Crippen molar-refractivity contribution in [3.05, 3.63) is 23.2 Å². The van der Waals surface area contributed by atoms with Gasteiger partial charge in [0, 0.05) is 11.6 Å². The standard InChI is InChI=1S/C10H11N3O2S/c1-5(11)9-12-13-10(16-9)6-2-7(14)4-8(15)3-6/h2-5,14-15H,11H2,1H3. The lowest BCUT2D eigenvalue weighted by atomic mass is 10.2. The highest BCUT2D eigenvalue weighted by molar-refractivity contribution is 7.14. The van der Waals surface area contributed by atoms with E-state index >= 15 is 0 Å². The van der Waals surface area contributed by atoms with Crippen LogP contribution < -0.4 is 5.73 Å². The van der Waals surface area contributed by atoms with Crippen LogP contribution in [0.4, 0.5) is 0 Å². The maximum atomic E-state index is 9.34. The van der Waals surface area contributed by atoms with Crippen LogP contribution in [0.2, 0.25) is 0 Å². The molecule has 84 valence electrons. The third-order valence-corrected chi connectivity index (χ3v) is 3.15. The molecule has 2 rings (SSSR count). The van der Waals surface area contributed by atoms with Crippen molar-refractivity contribution >= 4 is 11.3 Å². The lowest BCUT2D eigenvalue weighted by Crippen LogP contribution is -2.03. The Morgan fingerprint density at radius 3 is 2.31 bits per heavy atom. The first-order valence-electron chi connectivity index (χ1n) is 4.68. The van der Waals surface area contributed by atoms with Gasteiger partial charge in [0.25, 0.3) is 0 Å². The zero-order valence-corrected chi connectivity index (χ0v) is 9.40. The van der Waals surface area contributed by atoms with Crippen molar-refractivity contribution in [1.29, 1.82) is 0 Å². The molecule has 0 spiro atoms. The van der Waals surface area contributed by atoms with E-state index in [0.717, 1.165) is 5.01 Å². The van der Waals surface area contributed by atoms with Crippen LogP contribution in [0, 0.1) is 0 Å². The van der Waals surface area contributed by atoms with E-state index in [4.69, 9.17) is 5.73 Å². The maximum absolute atomic E-state index is 9.34. The Hall–Kier alpha value is -1.66. The third kappa shape index (κ3) is 2.12. The van der Waals surface area contributed by atoms with Gasteiger partial charge in [-0.3, -0.25) is 0 Å². The highest BCUT2D eigenvalue weighted by Crippen LogP contribution is 2.31. The van der Waals surface area contributed by atoms with Crippen LogP contribution >= 0.6 is 11.3 Å². The molecule has 0 saturated heterocycles. The Bertz CT molecular complexity index is 490. The molecule has 4 N–H and O–H groups in total. The number of hydrogen-bond donors (Lipinski definition) is 3. The molecule has 0 aliphatic rings. The van der Waals surface area contributed by atoms with E-state index < -0.39 is 0 Å². The van der Waals surface area contributed by atoms with E-state index in [1.165, 1.54) is 29.5 Å². The van der Waals surface area contributed by atoms with Crippen LogP contribution in [0.1, 0.15) is 18.0 Å². The van der Waals surface area contributed by atoms with Gasteiger partial charge in [-0.05, 0) is 19.1 Å². The van der Waals surface area contributed by atoms with Crippen molar-refractivity contribution < 1.29 is 10.2 Å². The fourth-order valence-corrected chi connectivity index (χ4v) is 2.04. The molecule has 0 aliphatic heterocycles. The SMILES string of the molecule is CC(N)c1nnc(-c2cc(O)cc(O)c2)s1. The average Bonchev–Trinajstić information content (AvgIpc) is 2.64. The van der Waals surface area contributed by atoms with E-state index in [-0.39, 0.29) is 17.5 Å². The van der Waals surface area contributed by atoms with Crippen LogP contribution in [-0.2, 0) is 0 Å². The molecule has 0 amide bonds. The number of rotatable bonds is 2. The second-order valence-electron chi connectivity index (χ2n) is 3.47. The monoisotopic (exact) mass is 237 g/mol. The van der Waals surface area contributed by atoms with Gasteiger partial charge in [0.15, 0.2) is 0 Å². The topological polar surface area (TPSA) is 92.3 Å². The van der Waals surface area contributed by atoms with Crippen molar-refractivity contribution in [3.63, 3.8) is 0 Å². The molecule has 6 heteroatoms. The zero-order chi connectivity index (χ0) is 11.7. The molecule has 0 fully saturated rings. The fraction of sp³-hybridized carbons (Fsp3) is 0.200. The Morgan fingerprint density at radius 2 is 1.81 bits per heavy atom. The second kappa shape index (κ2) is 4.07. The quantitative estimate of drug-likeness (QED) is 0.738. The first-order chi connectivity index (χ1) is 7.56. The summed E-state index contributed by atoms with van der Waals surface area (Å²) in [5.41, 5.74) is 6.30. The van der Waals surface area contributed by atoms with Crippen LogP contribution in [0.15, 0.2) is 18.2 Å². The summed E-state index contributed by atoms with van der Waals surface area (Å²) in [6.45, 7) is 1.82. The van der Waals surface area contributed by atoms with Crippen LogP contribution in [0.25, 0.3) is 10.6 Å². The number of benzene rings is 1. The second-order valence-corrected chi connectivity index (χ2v) is 4.48. The molecule has 0 aliphatic carbocycles. The summed E-state index contributed by atoms with van der Waals surface area (Å²) in [6.07, 6.45) is 0. The molecule has 1 unspecified atom stereocenters. The average molecular weight is 237 g/mol. The number of nitrogens with zero attached hydrogens (tertiary/aromatic N) is 2. The molecule has 0 radical (unpaired) electrons. The van der Waals surface area contributed by atoms with Gasteiger partial charge in [0.1, 0.15) is 21.5 Å². The Morgan fingerprint density at radius 1 is 1.19 bits per heavy atom. The smallest absolute Gasteiger partial charge is 0.148 e. The van der Waals surface area contributed by atoms with Crippen LogP contribution in [-0.4, -0.2) is 20.4 Å². The third-order valence-electron chi connectivity index (χ3n) is 1.98. The fourth-order valence-electron chi connectivity index (χ4n) is 1.25. The number of hydrogen-bond acceptors (Lipinski definition) is 6. The van der Waals surface area contributed by atoms with Crippen LogP contribution in [0.3, 0.4) is 0 Å². The first-order valence-corrected chi connectivity index (χ1v) is 5.50. The van der Waals surface area contributed by atoms with Gasteiger partial charge in [0.05, 0.1) is 6.04 Å². The van der Waals surface area contributed by atoms with Crippen molar-refractivity contribution in [2.24, 2.45) is 5.73 Å². The van der Waals surface area contributed by atoms with E-state index in [0.29, 0.717) is 10.6 Å². The summed E-state index contributed by atoms with van der Waals surface area (Å²) in [4.78, 5) is 0. The van der Waals surface area contributed by atoms with Crippen molar-refractivity contribution in [1.82, 2.24) is 10.2 Å². The Labute approximate surface area is 96.2 Å². The number of phenols is 2.